The van der Waals surface area contributed by atoms with E-state index in [1.165, 1.54) is 0 Å². The van der Waals surface area contributed by atoms with Gasteiger partial charge in [-0.3, -0.25) is 0 Å². The van der Waals surface area contributed by atoms with E-state index >= 15 is 0 Å². The molecule has 0 aromatic heterocycles. The molecule has 0 spiro atoms. The Morgan fingerprint density at radius 1 is 1.13 bits per heavy atom. The van der Waals surface area contributed by atoms with Gasteiger partial charge in [0, 0.05) is 25.1 Å². The molecule has 0 bridgehead atoms. The molecule has 0 aliphatic heterocycles. The third-order valence-electron chi connectivity index (χ3n) is 0.0417. The maximum Gasteiger partial charge on any atom is 0 e. The Bertz CT molecular complexity index is 122. The quantitative estimate of drug-likeness (QED) is 0.383. The summed E-state index contributed by atoms with van der Waals surface area (Å²) in [5.74, 6) is 1.75. The summed E-state index contributed by atoms with van der Waals surface area (Å²) in [7, 11) is 1.00. The summed E-state index contributed by atoms with van der Waals surface area (Å²) in [4.78, 5) is 17.2. The molecule has 0 saturated heterocycles. The smallest absolute Gasteiger partial charge is 0 e. The largest absolute Gasteiger partial charge is 0 e. The SMILES string of the molecule is C.C.C.CCO.CO.O.O=C=C=O.[C-]#[O+].[HH].[HH].[HH].[HH].[HH].[HH].[HH].[HH]. The van der Waals surface area contributed by atoms with Crippen LogP contribution in [0.1, 0.15) is 40.6 Å². The second-order valence-electron chi connectivity index (χ2n) is 0.520. The van der Waals surface area contributed by atoms with Crippen molar-refractivity contribution in [2.24, 2.45) is 0 Å². The third-order valence-corrected chi connectivity index (χ3v) is 0.0417. The molecule has 0 heterocycles. The average Bonchev–Trinajstić information content (AvgIpc) is 2.12. The van der Waals surface area contributed by atoms with Gasteiger partial charge in [0.2, 0.25) is 11.9 Å². The monoisotopic (exact) mass is 244 g/mol. The molecule has 6 nitrogen and oxygen atoms in total. The van der Waals surface area contributed by atoms with E-state index < -0.39 is 0 Å². The van der Waals surface area contributed by atoms with Crippen LogP contribution in [0.3, 0.4) is 0 Å². The molecule has 0 radical (unpaired) electrons. The standard InChI is InChI=1S/C2O2.C2H6O.CH4O.CO.3CH4.H2O.8H2/c3-1-2-4;1-2-3;2*1-2;;;;;;;;;;;;/h;3H,2H2,1H3;2H,1H3;;3*1H4;1H2;8*1H. The Morgan fingerprint density at radius 2 is 1.20 bits per heavy atom. The molecule has 0 unspecified atom stereocenters. The van der Waals surface area contributed by atoms with Crippen molar-refractivity contribution in [2.75, 3.05) is 13.7 Å². The van der Waals surface area contributed by atoms with Gasteiger partial charge in [0.1, 0.15) is 0 Å². The van der Waals surface area contributed by atoms with Gasteiger partial charge >= 0.3 is 11.3 Å². The first-order valence-electron chi connectivity index (χ1n) is 2.33. The van der Waals surface area contributed by atoms with Crippen LogP contribution in [0.4, 0.5) is 0 Å². The molecule has 0 saturated carbocycles. The molecule has 0 aliphatic carbocycles. The molecule has 112 valence electrons. The molecule has 0 aromatic carbocycles. The summed E-state index contributed by atoms with van der Waals surface area (Å²) in [5, 5.41) is 14.6. The van der Waals surface area contributed by atoms with Gasteiger partial charge in [-0.05, 0) is 6.92 Å². The van der Waals surface area contributed by atoms with Gasteiger partial charge in [0.15, 0.2) is 0 Å². The van der Waals surface area contributed by atoms with Crippen molar-refractivity contribution < 1.29 is 41.3 Å². The van der Waals surface area contributed by atoms with Gasteiger partial charge in [0.25, 0.3) is 0 Å². The molecule has 4 N–H and O–H groups in total. The molecule has 0 amide bonds. The van der Waals surface area contributed by atoms with Crippen LogP contribution in [0.5, 0.6) is 0 Å². The predicted octanol–water partition coefficient (Wildman–Crippen LogP) is 1.83. The van der Waals surface area contributed by atoms with E-state index in [1.807, 2.05) is 0 Å². The van der Waals surface area contributed by atoms with Gasteiger partial charge in [-0.2, -0.15) is 0 Å². The number of carbonyl (C=O) groups excluding carboxylic acids is 2. The van der Waals surface area contributed by atoms with Crippen LogP contribution in [-0.4, -0.2) is 41.3 Å². The van der Waals surface area contributed by atoms with Crippen molar-refractivity contribution >= 4 is 11.9 Å². The normalized spacial score (nSPS) is 2.53. The summed E-state index contributed by atoms with van der Waals surface area (Å²) in [6.07, 6.45) is 0. The zero-order valence-corrected chi connectivity index (χ0v) is 6.83. The zero-order valence-electron chi connectivity index (χ0n) is 6.83. The van der Waals surface area contributed by atoms with Crippen molar-refractivity contribution in [3.8, 4) is 0 Å². The summed E-state index contributed by atoms with van der Waals surface area (Å²) in [6, 6.07) is 0. The fourth-order valence-corrected chi connectivity index (χ4v) is 0. The molecular formula is C9H40O6. The van der Waals surface area contributed by atoms with Gasteiger partial charge in [-0.1, -0.05) is 22.3 Å². The van der Waals surface area contributed by atoms with E-state index in [1.54, 1.807) is 6.92 Å². The van der Waals surface area contributed by atoms with Gasteiger partial charge in [0.05, 0.1) is 0 Å². The van der Waals surface area contributed by atoms with E-state index in [0.29, 0.717) is 0 Å². The van der Waals surface area contributed by atoms with Crippen molar-refractivity contribution in [1.82, 2.24) is 0 Å². The molecule has 0 aromatic rings. The first kappa shape index (κ1) is 67.4. The van der Waals surface area contributed by atoms with Gasteiger partial charge in [-0.25, -0.2) is 9.59 Å². The summed E-state index contributed by atoms with van der Waals surface area (Å²) >= 11 is 0. The molecule has 6 heteroatoms. The van der Waals surface area contributed by atoms with E-state index in [9.17, 15) is 0 Å². The van der Waals surface area contributed by atoms with Crippen LogP contribution in [0.15, 0.2) is 0 Å². The molecule has 15 heavy (non-hydrogen) atoms. The molecule has 0 fully saturated rings. The fraction of sp³-hybridized carbons (Fsp3) is 0.667. The number of hydrogen-bond acceptors (Lipinski definition) is 4. The minimum atomic E-state index is 0. The molecular weight excluding hydrogens is 204 g/mol. The maximum absolute atomic E-state index is 8.62. The first-order valence-corrected chi connectivity index (χ1v) is 2.33. The number of aliphatic hydroxyl groups is 2. The second-order valence-corrected chi connectivity index (χ2v) is 0.520. The second kappa shape index (κ2) is 560. The van der Waals surface area contributed by atoms with E-state index in [-0.39, 0.29) is 45.8 Å². The van der Waals surface area contributed by atoms with Crippen LogP contribution in [0, 0.1) is 6.65 Å². The molecule has 0 aliphatic rings. The number of aliphatic hydroxyl groups excluding tert-OH is 2. The minimum absolute atomic E-state index is 0. The summed E-state index contributed by atoms with van der Waals surface area (Å²) in [6.45, 7) is 6.43. The maximum atomic E-state index is 8.62. The van der Waals surface area contributed by atoms with Gasteiger partial charge in [-0.15, -0.1) is 0 Å². The molecule has 0 atom stereocenters. The Hall–Kier alpha value is -1.22. The van der Waals surface area contributed by atoms with Crippen molar-refractivity contribution in [2.45, 2.75) is 29.2 Å². The first-order chi connectivity index (χ1) is 5.33. The average molecular weight is 244 g/mol. The van der Waals surface area contributed by atoms with Crippen molar-refractivity contribution in [1.29, 1.82) is 0 Å². The fourth-order valence-electron chi connectivity index (χ4n) is 0. The Kier molecular flexibility index (Phi) is 2510. The predicted molar refractivity (Wildman–Crippen MR) is 76.9 cm³/mol. The van der Waals surface area contributed by atoms with Crippen molar-refractivity contribution in [3.05, 3.63) is 6.65 Å². The Balaban J connectivity index is -0.00000000177. The van der Waals surface area contributed by atoms with E-state index in [0.717, 1.165) is 19.0 Å². The summed E-state index contributed by atoms with van der Waals surface area (Å²) < 4.78 is 7.50. The summed E-state index contributed by atoms with van der Waals surface area (Å²) in [5.41, 5.74) is 0. The minimum Gasteiger partial charge on any atom is 0 e. The van der Waals surface area contributed by atoms with Crippen LogP contribution < -0.4 is 0 Å². The third kappa shape index (κ3) is 30700. The molecule has 0 rings (SSSR count). The van der Waals surface area contributed by atoms with Gasteiger partial charge < -0.3 is 15.7 Å². The number of hydrogen-bond donors (Lipinski definition) is 2. The topological polar surface area (TPSA) is 126 Å². The Morgan fingerprint density at radius 3 is 1.20 bits per heavy atom. The van der Waals surface area contributed by atoms with Crippen LogP contribution in [-0.2, 0) is 14.2 Å². The van der Waals surface area contributed by atoms with E-state index in [4.69, 9.17) is 24.5 Å². The van der Waals surface area contributed by atoms with Crippen LogP contribution in [0.25, 0.3) is 0 Å². The van der Waals surface area contributed by atoms with Crippen LogP contribution in [0.2, 0.25) is 0 Å². The Labute approximate surface area is 104 Å². The van der Waals surface area contributed by atoms with Crippen molar-refractivity contribution in [3.63, 3.8) is 0 Å². The zero-order chi connectivity index (χ0) is 10.1. The van der Waals surface area contributed by atoms with E-state index in [2.05, 4.69) is 6.65 Å². The number of rotatable bonds is 0. The van der Waals surface area contributed by atoms with Crippen LogP contribution >= 0.6 is 0 Å².